The lowest BCUT2D eigenvalue weighted by Gasteiger charge is -2.50. The van der Waals surface area contributed by atoms with E-state index < -0.39 is 0 Å². The number of hydrogen-bond acceptors (Lipinski definition) is 3. The molecule has 3 nitrogen and oxygen atoms in total. The topological polar surface area (TPSA) is 37.4 Å². The van der Waals surface area contributed by atoms with Gasteiger partial charge in [-0.25, -0.2) is 0 Å². The molecule has 1 fully saturated rings. The molecule has 2 heterocycles. The summed E-state index contributed by atoms with van der Waals surface area (Å²) in [6.45, 7) is 5.26. The van der Waals surface area contributed by atoms with E-state index in [4.69, 9.17) is 0 Å². The monoisotopic (exact) mass is 323 g/mol. The number of piperidine rings is 1. The summed E-state index contributed by atoms with van der Waals surface area (Å²) in [6.07, 6.45) is 4.68. The molecule has 0 N–H and O–H groups in total. The van der Waals surface area contributed by atoms with Crippen LogP contribution in [-0.2, 0) is 9.59 Å². The van der Waals surface area contributed by atoms with Crippen LogP contribution in [0.1, 0.15) is 57.4 Å². The molecular weight excluding hydrogens is 298 g/mol. The minimum Gasteiger partial charge on any atom is -0.370 e. The Morgan fingerprint density at radius 1 is 1.04 bits per heavy atom. The number of hydrogen-bond donors (Lipinski definition) is 0. The van der Waals surface area contributed by atoms with Crippen LogP contribution in [0.15, 0.2) is 41.6 Å². The average molecular weight is 323 g/mol. The van der Waals surface area contributed by atoms with Gasteiger partial charge in [-0.15, -0.1) is 0 Å². The highest BCUT2D eigenvalue weighted by Crippen LogP contribution is 2.47. The van der Waals surface area contributed by atoms with Gasteiger partial charge >= 0.3 is 0 Å². The number of ketones is 2. The van der Waals surface area contributed by atoms with Gasteiger partial charge in [0.25, 0.3) is 0 Å². The zero-order chi connectivity index (χ0) is 16.9. The fraction of sp³-hybridized carbons (Fsp3) is 0.524. The molecule has 3 aliphatic rings. The third-order valence-electron chi connectivity index (χ3n) is 5.82. The predicted molar refractivity (Wildman–Crippen MR) is 93.6 cm³/mol. The van der Waals surface area contributed by atoms with Gasteiger partial charge in [0.15, 0.2) is 11.6 Å². The third kappa shape index (κ3) is 2.42. The Morgan fingerprint density at radius 3 is 2.54 bits per heavy atom. The van der Waals surface area contributed by atoms with E-state index in [1.165, 1.54) is 0 Å². The van der Waals surface area contributed by atoms with Crippen molar-refractivity contribution < 1.29 is 9.59 Å². The van der Waals surface area contributed by atoms with Crippen molar-refractivity contribution in [1.29, 1.82) is 0 Å². The van der Waals surface area contributed by atoms with Gasteiger partial charge < -0.3 is 4.90 Å². The molecule has 1 aromatic rings. The lowest BCUT2D eigenvalue weighted by Crippen LogP contribution is -2.52. The van der Waals surface area contributed by atoms with Crippen LogP contribution in [0.3, 0.4) is 0 Å². The van der Waals surface area contributed by atoms with Crippen LogP contribution in [0.25, 0.3) is 0 Å². The Hall–Kier alpha value is -1.90. The number of carbonyl (C=O) groups excluding carboxylic acids is 2. The Bertz CT molecular complexity index is 717. The summed E-state index contributed by atoms with van der Waals surface area (Å²) in [7, 11) is 0. The second-order valence-corrected chi connectivity index (χ2v) is 8.27. The van der Waals surface area contributed by atoms with E-state index in [-0.39, 0.29) is 28.9 Å². The first kappa shape index (κ1) is 15.6. The number of carbonyl (C=O) groups is 2. The Labute approximate surface area is 143 Å². The van der Waals surface area contributed by atoms with Crippen molar-refractivity contribution in [2.75, 3.05) is 6.54 Å². The third-order valence-corrected chi connectivity index (χ3v) is 5.82. The second-order valence-electron chi connectivity index (χ2n) is 8.27. The molecule has 0 unspecified atom stereocenters. The van der Waals surface area contributed by atoms with Crippen molar-refractivity contribution in [1.82, 2.24) is 4.90 Å². The first-order chi connectivity index (χ1) is 11.5. The lowest BCUT2D eigenvalue weighted by molar-refractivity contribution is -0.127. The molecule has 0 aromatic heterocycles. The van der Waals surface area contributed by atoms with E-state index in [0.717, 1.165) is 43.5 Å². The smallest absolute Gasteiger partial charge is 0.177 e. The maximum Gasteiger partial charge on any atom is 0.177 e. The van der Waals surface area contributed by atoms with Crippen molar-refractivity contribution in [3.63, 3.8) is 0 Å². The molecule has 2 atom stereocenters. The number of fused-ring (bicyclic) bond motifs is 2. The number of nitrogens with zero attached hydrogens (tertiary/aromatic N) is 1. The molecule has 1 saturated heterocycles. The van der Waals surface area contributed by atoms with E-state index in [0.29, 0.717) is 12.0 Å². The van der Waals surface area contributed by atoms with Crippen LogP contribution in [0.5, 0.6) is 0 Å². The zero-order valence-electron chi connectivity index (χ0n) is 14.5. The normalized spacial score (nSPS) is 29.3. The molecule has 2 aliphatic heterocycles. The molecule has 0 amide bonds. The van der Waals surface area contributed by atoms with Crippen molar-refractivity contribution >= 4 is 11.6 Å². The van der Waals surface area contributed by atoms with E-state index in [2.05, 4.69) is 18.7 Å². The number of benzene rings is 1. The average Bonchev–Trinajstić information content (AvgIpc) is 2.54. The van der Waals surface area contributed by atoms with Gasteiger partial charge in [-0.2, -0.15) is 0 Å². The number of Topliss-reactive ketones (excluding diaryl/α,β-unsaturated/α-hetero) is 2. The van der Waals surface area contributed by atoms with Gasteiger partial charge in [0.1, 0.15) is 0 Å². The fourth-order valence-corrected chi connectivity index (χ4v) is 4.82. The number of allylic oxidation sites excluding steroid dienone is 2. The number of rotatable bonds is 1. The highest BCUT2D eigenvalue weighted by atomic mass is 16.2. The van der Waals surface area contributed by atoms with Crippen LogP contribution in [0.4, 0.5) is 0 Å². The molecular formula is C21H25NO2. The molecule has 0 radical (unpaired) electrons. The van der Waals surface area contributed by atoms with Gasteiger partial charge in [-0.1, -0.05) is 44.2 Å². The summed E-state index contributed by atoms with van der Waals surface area (Å²) >= 11 is 0. The first-order valence-corrected chi connectivity index (χ1v) is 9.10. The molecule has 1 aromatic carbocycles. The summed E-state index contributed by atoms with van der Waals surface area (Å²) in [4.78, 5) is 28.5. The van der Waals surface area contributed by atoms with Gasteiger partial charge in [-0.3, -0.25) is 9.59 Å². The maximum atomic E-state index is 13.3. The van der Waals surface area contributed by atoms with E-state index in [9.17, 15) is 9.59 Å². The zero-order valence-corrected chi connectivity index (χ0v) is 14.5. The highest BCUT2D eigenvalue weighted by molar-refractivity contribution is 6.24. The molecule has 1 aliphatic carbocycles. The van der Waals surface area contributed by atoms with Crippen molar-refractivity contribution in [3.05, 3.63) is 47.2 Å². The Balaban J connectivity index is 1.85. The predicted octanol–water partition coefficient (Wildman–Crippen LogP) is 3.85. The van der Waals surface area contributed by atoms with E-state index in [1.54, 1.807) is 0 Å². The summed E-state index contributed by atoms with van der Waals surface area (Å²) < 4.78 is 0. The molecule has 126 valence electrons. The quantitative estimate of drug-likeness (QED) is 0.737. The molecule has 0 spiro atoms. The van der Waals surface area contributed by atoms with Gasteiger partial charge in [0.2, 0.25) is 0 Å². The van der Waals surface area contributed by atoms with E-state index in [1.807, 2.05) is 30.3 Å². The fourth-order valence-electron chi connectivity index (χ4n) is 4.82. The van der Waals surface area contributed by atoms with Crippen molar-refractivity contribution in [3.8, 4) is 0 Å². The minimum absolute atomic E-state index is 0.0439. The first-order valence-electron chi connectivity index (χ1n) is 9.10. The van der Waals surface area contributed by atoms with Crippen LogP contribution in [0.2, 0.25) is 0 Å². The van der Waals surface area contributed by atoms with Gasteiger partial charge in [0.05, 0.1) is 11.5 Å². The van der Waals surface area contributed by atoms with Gasteiger partial charge in [0, 0.05) is 24.7 Å². The van der Waals surface area contributed by atoms with Crippen LogP contribution < -0.4 is 0 Å². The Morgan fingerprint density at radius 2 is 1.79 bits per heavy atom. The summed E-state index contributed by atoms with van der Waals surface area (Å²) in [5, 5.41) is 0. The highest BCUT2D eigenvalue weighted by Gasteiger charge is 2.48. The van der Waals surface area contributed by atoms with E-state index >= 15 is 0 Å². The Kier molecular flexibility index (Phi) is 3.63. The van der Waals surface area contributed by atoms with Crippen LogP contribution in [0, 0.1) is 5.41 Å². The van der Waals surface area contributed by atoms with Crippen molar-refractivity contribution in [2.24, 2.45) is 5.41 Å². The largest absolute Gasteiger partial charge is 0.370 e. The summed E-state index contributed by atoms with van der Waals surface area (Å²) in [6, 6.07) is 10.3. The lowest BCUT2D eigenvalue weighted by atomic mass is 9.68. The van der Waals surface area contributed by atoms with Crippen LogP contribution in [-0.4, -0.2) is 29.1 Å². The molecule has 0 saturated carbocycles. The van der Waals surface area contributed by atoms with Gasteiger partial charge in [-0.05, 0) is 36.7 Å². The molecule has 3 heteroatoms. The molecule has 24 heavy (non-hydrogen) atoms. The molecule has 4 rings (SSSR count). The summed E-state index contributed by atoms with van der Waals surface area (Å²) in [5.41, 5.74) is 2.57. The second kappa shape index (κ2) is 5.58. The standard InChI is InChI=1S/C21H25NO2/c1-21(2)12-16-19(17(23)13-21)20(24)18(14-8-4-3-5-9-14)15-10-6-7-11-22(15)16/h3-5,8-9,15,18H,6-7,10-13H2,1-2H3/t15-,18-/m1/s1. The SMILES string of the molecule is CC1(C)CC(=O)C2=C(C1)N1CCCC[C@@H]1[C@@H](c1ccccc1)C2=O. The maximum absolute atomic E-state index is 13.3. The van der Waals surface area contributed by atoms with Crippen LogP contribution >= 0.6 is 0 Å². The minimum atomic E-state index is -0.185. The molecule has 0 bridgehead atoms. The summed E-state index contributed by atoms with van der Waals surface area (Å²) in [5.74, 6) is -0.0635. The van der Waals surface area contributed by atoms with Crippen molar-refractivity contribution in [2.45, 2.75) is 57.9 Å².